The third-order valence-electron chi connectivity index (χ3n) is 4.46. The Morgan fingerprint density at radius 1 is 1.03 bits per heavy atom. The molecule has 5 nitrogen and oxygen atoms in total. The molecule has 150 valence electrons. The molecule has 0 saturated carbocycles. The molecule has 0 bridgehead atoms. The van der Waals surface area contributed by atoms with Crippen molar-refractivity contribution in [1.82, 2.24) is 4.98 Å². The van der Waals surface area contributed by atoms with Gasteiger partial charge in [-0.2, -0.15) is 10.1 Å². The first-order chi connectivity index (χ1) is 14.6. The number of hydrogen-bond acceptors (Lipinski definition) is 5. The van der Waals surface area contributed by atoms with Gasteiger partial charge in [0.05, 0.1) is 16.4 Å². The molecule has 6 heteroatoms. The number of carbonyl (C=O) groups is 1. The van der Waals surface area contributed by atoms with E-state index in [9.17, 15) is 4.79 Å². The maximum absolute atomic E-state index is 13.0. The SMILES string of the molecule is Cc1ccc(/C=N/N(C(=O)COc2ccccc2)c2nc3ccc(C)cc3s2)cc1. The van der Waals surface area contributed by atoms with Crippen LogP contribution in [0, 0.1) is 13.8 Å². The van der Waals surface area contributed by atoms with Gasteiger partial charge in [-0.25, -0.2) is 4.98 Å². The van der Waals surface area contributed by atoms with Crippen LogP contribution in [0.25, 0.3) is 10.2 Å². The number of ether oxygens (including phenoxy) is 1. The second kappa shape index (κ2) is 8.88. The van der Waals surface area contributed by atoms with E-state index < -0.39 is 0 Å². The Hall–Kier alpha value is -3.51. The van der Waals surface area contributed by atoms with Gasteiger partial charge < -0.3 is 4.74 Å². The lowest BCUT2D eigenvalue weighted by Crippen LogP contribution is -2.30. The van der Waals surface area contributed by atoms with Gasteiger partial charge in [0.2, 0.25) is 5.13 Å². The fourth-order valence-electron chi connectivity index (χ4n) is 2.83. The van der Waals surface area contributed by atoms with Crippen molar-refractivity contribution in [2.45, 2.75) is 13.8 Å². The minimum atomic E-state index is -0.294. The minimum Gasteiger partial charge on any atom is -0.484 e. The third-order valence-corrected chi connectivity index (χ3v) is 5.45. The van der Waals surface area contributed by atoms with Crippen LogP contribution in [0.2, 0.25) is 0 Å². The summed E-state index contributed by atoms with van der Waals surface area (Å²) in [6, 6.07) is 23.2. The molecule has 30 heavy (non-hydrogen) atoms. The molecule has 1 aromatic heterocycles. The molecule has 0 saturated heterocycles. The van der Waals surface area contributed by atoms with E-state index in [0.29, 0.717) is 10.9 Å². The summed E-state index contributed by atoms with van der Waals surface area (Å²) in [6.45, 7) is 3.93. The van der Waals surface area contributed by atoms with Crippen molar-refractivity contribution in [3.63, 3.8) is 0 Å². The summed E-state index contributed by atoms with van der Waals surface area (Å²) < 4.78 is 6.65. The second-order valence-electron chi connectivity index (χ2n) is 6.93. The van der Waals surface area contributed by atoms with E-state index >= 15 is 0 Å². The number of amides is 1. The standard InChI is InChI=1S/C24H21N3O2S/c1-17-8-11-19(12-9-17)15-25-27(23(28)16-29-20-6-4-3-5-7-20)24-26-21-13-10-18(2)14-22(21)30-24/h3-15H,16H2,1-2H3/b25-15+. The molecular formula is C24H21N3O2S. The molecule has 0 N–H and O–H groups in total. The van der Waals surface area contributed by atoms with E-state index in [-0.39, 0.29) is 12.5 Å². The van der Waals surface area contributed by atoms with E-state index in [4.69, 9.17) is 4.74 Å². The van der Waals surface area contributed by atoms with Gasteiger partial charge in [0.1, 0.15) is 5.75 Å². The van der Waals surface area contributed by atoms with Gasteiger partial charge in [-0.05, 0) is 49.2 Å². The van der Waals surface area contributed by atoms with Crippen molar-refractivity contribution in [3.05, 3.63) is 89.5 Å². The number of hydrazone groups is 1. The summed E-state index contributed by atoms with van der Waals surface area (Å²) in [4.78, 5) is 17.6. The van der Waals surface area contributed by atoms with Crippen LogP contribution in [-0.4, -0.2) is 23.7 Å². The highest BCUT2D eigenvalue weighted by atomic mass is 32.1. The average molecular weight is 416 g/mol. The molecule has 0 aliphatic carbocycles. The summed E-state index contributed by atoms with van der Waals surface area (Å²) in [5, 5.41) is 6.29. The topological polar surface area (TPSA) is 54.8 Å². The lowest BCUT2D eigenvalue weighted by atomic mass is 10.2. The van der Waals surface area contributed by atoms with Crippen molar-refractivity contribution < 1.29 is 9.53 Å². The van der Waals surface area contributed by atoms with E-state index in [1.54, 1.807) is 6.21 Å². The maximum Gasteiger partial charge on any atom is 0.287 e. The first-order valence-electron chi connectivity index (χ1n) is 9.57. The smallest absolute Gasteiger partial charge is 0.287 e. The summed E-state index contributed by atoms with van der Waals surface area (Å²) in [5.41, 5.74) is 4.05. The van der Waals surface area contributed by atoms with E-state index in [2.05, 4.69) is 16.2 Å². The predicted molar refractivity (Wildman–Crippen MR) is 123 cm³/mol. The molecule has 1 heterocycles. The fraction of sp³-hybridized carbons (Fsp3) is 0.125. The van der Waals surface area contributed by atoms with Crippen molar-refractivity contribution in [1.29, 1.82) is 0 Å². The molecule has 0 unspecified atom stereocenters. The molecule has 0 aliphatic heterocycles. The van der Waals surface area contributed by atoms with Gasteiger partial charge in [-0.15, -0.1) is 0 Å². The van der Waals surface area contributed by atoms with Crippen LogP contribution in [0.4, 0.5) is 5.13 Å². The highest BCUT2D eigenvalue weighted by Gasteiger charge is 2.20. The number of hydrogen-bond donors (Lipinski definition) is 0. The number of aryl methyl sites for hydroxylation is 2. The number of benzene rings is 3. The number of carbonyl (C=O) groups excluding carboxylic acids is 1. The Balaban J connectivity index is 1.62. The lowest BCUT2D eigenvalue weighted by molar-refractivity contribution is -0.120. The molecule has 3 aromatic carbocycles. The second-order valence-corrected chi connectivity index (χ2v) is 7.94. The number of nitrogens with zero attached hydrogens (tertiary/aromatic N) is 3. The zero-order chi connectivity index (χ0) is 20.9. The molecule has 0 spiro atoms. The molecule has 0 atom stereocenters. The molecule has 0 radical (unpaired) electrons. The van der Waals surface area contributed by atoms with Gasteiger partial charge in [0, 0.05) is 0 Å². The Morgan fingerprint density at radius 2 is 1.77 bits per heavy atom. The maximum atomic E-state index is 13.0. The quantitative estimate of drug-likeness (QED) is 0.315. The van der Waals surface area contributed by atoms with E-state index in [0.717, 1.165) is 26.9 Å². The van der Waals surface area contributed by atoms with Crippen molar-refractivity contribution in [3.8, 4) is 5.75 Å². The van der Waals surface area contributed by atoms with Gasteiger partial charge in [0.15, 0.2) is 6.61 Å². The van der Waals surface area contributed by atoms with Crippen LogP contribution in [0.1, 0.15) is 16.7 Å². The predicted octanol–water partition coefficient (Wildman–Crippen LogP) is 5.36. The molecule has 0 fully saturated rings. The van der Waals surface area contributed by atoms with Gasteiger partial charge in [0.25, 0.3) is 5.91 Å². The van der Waals surface area contributed by atoms with Crippen LogP contribution in [0.3, 0.4) is 0 Å². The minimum absolute atomic E-state index is 0.135. The fourth-order valence-corrected chi connectivity index (χ4v) is 3.87. The van der Waals surface area contributed by atoms with Crippen LogP contribution in [0.5, 0.6) is 5.75 Å². The first-order valence-corrected chi connectivity index (χ1v) is 10.4. The number of anilines is 1. The van der Waals surface area contributed by atoms with E-state index in [1.807, 2.05) is 80.6 Å². The Bertz CT molecular complexity index is 1180. The number of para-hydroxylation sites is 1. The van der Waals surface area contributed by atoms with Crippen LogP contribution < -0.4 is 9.75 Å². The summed E-state index contributed by atoms with van der Waals surface area (Å²) in [7, 11) is 0. The number of rotatable bonds is 6. The Labute approximate surface area is 179 Å². The molecule has 0 aliphatic rings. The molecular weight excluding hydrogens is 394 g/mol. The van der Waals surface area contributed by atoms with Gasteiger partial charge >= 0.3 is 0 Å². The summed E-state index contributed by atoms with van der Waals surface area (Å²) in [6.07, 6.45) is 1.66. The monoisotopic (exact) mass is 415 g/mol. The molecule has 4 rings (SSSR count). The largest absolute Gasteiger partial charge is 0.484 e. The van der Waals surface area contributed by atoms with Gasteiger partial charge in [-0.3, -0.25) is 4.79 Å². The van der Waals surface area contributed by atoms with E-state index in [1.165, 1.54) is 16.3 Å². The average Bonchev–Trinajstić information content (AvgIpc) is 3.17. The zero-order valence-corrected chi connectivity index (χ0v) is 17.6. The van der Waals surface area contributed by atoms with Crippen molar-refractivity contribution >= 4 is 38.8 Å². The van der Waals surface area contributed by atoms with Gasteiger partial charge in [-0.1, -0.05) is 65.4 Å². The van der Waals surface area contributed by atoms with Crippen molar-refractivity contribution in [2.24, 2.45) is 5.10 Å². The number of thiazole rings is 1. The van der Waals surface area contributed by atoms with Crippen LogP contribution in [-0.2, 0) is 4.79 Å². The van der Waals surface area contributed by atoms with Crippen LogP contribution in [0.15, 0.2) is 77.9 Å². The third kappa shape index (κ3) is 4.72. The lowest BCUT2D eigenvalue weighted by Gasteiger charge is -2.14. The summed E-state index contributed by atoms with van der Waals surface area (Å²) in [5.74, 6) is 0.339. The van der Waals surface area contributed by atoms with Crippen molar-refractivity contribution in [2.75, 3.05) is 11.6 Å². The molecule has 4 aromatic rings. The highest BCUT2D eigenvalue weighted by Crippen LogP contribution is 2.30. The normalized spacial score (nSPS) is 11.1. The zero-order valence-electron chi connectivity index (χ0n) is 16.8. The summed E-state index contributed by atoms with van der Waals surface area (Å²) >= 11 is 1.43. The number of fused-ring (bicyclic) bond motifs is 1. The first kappa shape index (κ1) is 19.8. The number of aromatic nitrogens is 1. The van der Waals surface area contributed by atoms with Crippen LogP contribution >= 0.6 is 11.3 Å². The highest BCUT2D eigenvalue weighted by molar-refractivity contribution is 7.22. The Kier molecular flexibility index (Phi) is 5.86. The molecule has 1 amide bonds. The Morgan fingerprint density at radius 3 is 2.53 bits per heavy atom.